The second-order valence-electron chi connectivity index (χ2n) is 4.72. The van der Waals surface area contributed by atoms with Gasteiger partial charge in [-0.05, 0) is 31.5 Å². The Morgan fingerprint density at radius 2 is 2.09 bits per heavy atom. The fraction of sp³-hybridized carbons (Fsp3) is 0.500. The number of benzene rings is 1. The zero-order valence-electron chi connectivity index (χ0n) is 13.1. The summed E-state index contributed by atoms with van der Waals surface area (Å²) >= 11 is 5.98. The van der Waals surface area contributed by atoms with E-state index in [1.807, 2.05) is 31.2 Å². The minimum absolute atomic E-state index is 0.0252. The maximum Gasteiger partial charge on any atom is 0.211 e. The van der Waals surface area contributed by atoms with Gasteiger partial charge in [0.05, 0.1) is 11.8 Å². The van der Waals surface area contributed by atoms with Crippen LogP contribution in [0.5, 0.6) is 0 Å². The van der Waals surface area contributed by atoms with Crippen LogP contribution in [0.15, 0.2) is 29.3 Å². The Hall–Kier alpha value is -1.31. The monoisotopic (exact) mass is 346 g/mol. The maximum absolute atomic E-state index is 11.3. The normalized spacial score (nSPS) is 13.7. The van der Waals surface area contributed by atoms with Crippen LogP contribution in [0, 0.1) is 0 Å². The Labute approximate surface area is 137 Å². The number of guanidine groups is 1. The smallest absolute Gasteiger partial charge is 0.211 e. The molecule has 8 heteroatoms. The summed E-state index contributed by atoms with van der Waals surface area (Å²) in [6.45, 7) is 4.35. The lowest BCUT2D eigenvalue weighted by Gasteiger charge is -2.18. The molecule has 0 heterocycles. The molecule has 1 atom stereocenters. The van der Waals surface area contributed by atoms with Crippen LogP contribution in [-0.4, -0.2) is 40.3 Å². The lowest BCUT2D eigenvalue weighted by molar-refractivity contribution is 0.581. The average molecular weight is 347 g/mol. The van der Waals surface area contributed by atoms with Gasteiger partial charge in [-0.15, -0.1) is 0 Å². The number of sulfonamides is 1. The molecule has 0 aromatic heterocycles. The van der Waals surface area contributed by atoms with Gasteiger partial charge in [0, 0.05) is 25.2 Å². The Balaban J connectivity index is 2.46. The maximum atomic E-state index is 11.3. The molecule has 3 N–H and O–H groups in total. The van der Waals surface area contributed by atoms with Gasteiger partial charge in [-0.3, -0.25) is 4.99 Å². The minimum atomic E-state index is -3.16. The zero-order chi connectivity index (χ0) is 16.6. The van der Waals surface area contributed by atoms with E-state index in [0.717, 1.165) is 5.56 Å². The van der Waals surface area contributed by atoms with Gasteiger partial charge in [0.2, 0.25) is 10.0 Å². The molecule has 0 aliphatic heterocycles. The molecule has 1 rings (SSSR count). The first-order valence-electron chi connectivity index (χ1n) is 7.08. The number of halogens is 1. The van der Waals surface area contributed by atoms with Crippen LogP contribution < -0.4 is 15.4 Å². The first-order valence-corrected chi connectivity index (χ1v) is 9.11. The van der Waals surface area contributed by atoms with Crippen molar-refractivity contribution in [1.29, 1.82) is 0 Å². The van der Waals surface area contributed by atoms with Gasteiger partial charge < -0.3 is 10.6 Å². The van der Waals surface area contributed by atoms with Gasteiger partial charge in [-0.25, -0.2) is 13.1 Å². The third-order valence-electron chi connectivity index (χ3n) is 3.04. The molecule has 0 spiro atoms. The second kappa shape index (κ2) is 8.97. The summed E-state index contributed by atoms with van der Waals surface area (Å²) in [7, 11) is -1.50. The molecule has 6 nitrogen and oxygen atoms in total. The minimum Gasteiger partial charge on any atom is -0.355 e. The molecule has 124 valence electrons. The lowest BCUT2D eigenvalue weighted by Crippen LogP contribution is -2.42. The van der Waals surface area contributed by atoms with Crippen LogP contribution in [0.1, 0.15) is 25.5 Å². The van der Waals surface area contributed by atoms with Crippen molar-refractivity contribution in [3.63, 3.8) is 0 Å². The number of nitrogens with one attached hydrogen (secondary N) is 3. The third kappa shape index (κ3) is 6.64. The number of hydrogen-bond acceptors (Lipinski definition) is 3. The Morgan fingerprint density at radius 1 is 1.36 bits per heavy atom. The standard InChI is InChI=1S/C14H23ClN4O2S/c1-4-22(20,21)18-9-8-17-14(16-3)19-11(2)12-6-5-7-13(15)10-12/h5-7,10-11,18H,4,8-9H2,1-3H3,(H2,16,17,19)/t11-/m0/s1. The molecule has 0 saturated carbocycles. The summed E-state index contributed by atoms with van der Waals surface area (Å²) in [6.07, 6.45) is 0. The van der Waals surface area contributed by atoms with Crippen molar-refractivity contribution in [3.05, 3.63) is 34.9 Å². The summed E-state index contributed by atoms with van der Waals surface area (Å²) < 4.78 is 25.1. The summed E-state index contributed by atoms with van der Waals surface area (Å²) in [5, 5.41) is 6.97. The first-order chi connectivity index (χ1) is 10.4. The van der Waals surface area contributed by atoms with E-state index in [0.29, 0.717) is 24.1 Å². The van der Waals surface area contributed by atoms with E-state index < -0.39 is 10.0 Å². The van der Waals surface area contributed by atoms with E-state index in [-0.39, 0.29) is 11.8 Å². The highest BCUT2D eigenvalue weighted by Gasteiger charge is 2.09. The molecule has 0 aliphatic carbocycles. The average Bonchev–Trinajstić information content (AvgIpc) is 2.50. The van der Waals surface area contributed by atoms with Crippen LogP contribution in [0.4, 0.5) is 0 Å². The molecule has 0 saturated heterocycles. The molecule has 0 bridgehead atoms. The SMILES string of the molecule is CCS(=O)(=O)NCCNC(=NC)N[C@@H](C)c1cccc(Cl)c1. The van der Waals surface area contributed by atoms with Crippen LogP contribution in [0.2, 0.25) is 5.02 Å². The highest BCUT2D eigenvalue weighted by atomic mass is 35.5. The van der Waals surface area contributed by atoms with Crippen molar-refractivity contribution < 1.29 is 8.42 Å². The van der Waals surface area contributed by atoms with E-state index in [1.54, 1.807) is 14.0 Å². The molecule has 1 aromatic rings. The largest absolute Gasteiger partial charge is 0.355 e. The summed E-state index contributed by atoms with van der Waals surface area (Å²) in [5.74, 6) is 0.675. The van der Waals surface area contributed by atoms with Gasteiger partial charge in [0.25, 0.3) is 0 Å². The quantitative estimate of drug-likeness (QED) is 0.397. The summed E-state index contributed by atoms with van der Waals surface area (Å²) in [6, 6.07) is 7.61. The lowest BCUT2D eigenvalue weighted by atomic mass is 10.1. The van der Waals surface area contributed by atoms with E-state index in [2.05, 4.69) is 20.3 Å². The van der Waals surface area contributed by atoms with Gasteiger partial charge in [0.1, 0.15) is 0 Å². The molecule has 22 heavy (non-hydrogen) atoms. The molecule has 0 aliphatic rings. The van der Waals surface area contributed by atoms with Gasteiger partial charge in [0.15, 0.2) is 5.96 Å². The Morgan fingerprint density at radius 3 is 2.68 bits per heavy atom. The van der Waals surface area contributed by atoms with Crippen LogP contribution in [0.3, 0.4) is 0 Å². The number of nitrogens with zero attached hydrogens (tertiary/aromatic N) is 1. The van der Waals surface area contributed by atoms with Gasteiger partial charge in [-0.2, -0.15) is 0 Å². The fourth-order valence-corrected chi connectivity index (χ4v) is 2.56. The number of aliphatic imine (C=N–C) groups is 1. The van der Waals surface area contributed by atoms with Crippen LogP contribution in [-0.2, 0) is 10.0 Å². The predicted molar refractivity (Wildman–Crippen MR) is 91.8 cm³/mol. The van der Waals surface area contributed by atoms with Crippen molar-refractivity contribution in [2.45, 2.75) is 19.9 Å². The molecule has 0 amide bonds. The molecule has 0 fully saturated rings. The topological polar surface area (TPSA) is 82.6 Å². The fourth-order valence-electron chi connectivity index (χ4n) is 1.75. The highest BCUT2D eigenvalue weighted by Crippen LogP contribution is 2.16. The van der Waals surface area contributed by atoms with Crippen LogP contribution in [0.25, 0.3) is 0 Å². The second-order valence-corrected chi connectivity index (χ2v) is 7.25. The van der Waals surface area contributed by atoms with Crippen molar-refractivity contribution in [3.8, 4) is 0 Å². The highest BCUT2D eigenvalue weighted by molar-refractivity contribution is 7.89. The molecule has 0 unspecified atom stereocenters. The first kappa shape index (κ1) is 18.7. The molecular formula is C14H23ClN4O2S. The Bertz CT molecular complexity index is 605. The number of hydrogen-bond donors (Lipinski definition) is 3. The predicted octanol–water partition coefficient (Wildman–Crippen LogP) is 1.51. The summed E-state index contributed by atoms with van der Waals surface area (Å²) in [5.41, 5.74) is 1.04. The molecule has 0 radical (unpaired) electrons. The van der Waals surface area contributed by atoms with Gasteiger partial charge >= 0.3 is 0 Å². The third-order valence-corrected chi connectivity index (χ3v) is 4.68. The van der Waals surface area contributed by atoms with Crippen LogP contribution >= 0.6 is 11.6 Å². The number of rotatable bonds is 7. The van der Waals surface area contributed by atoms with Crippen molar-refractivity contribution in [2.75, 3.05) is 25.9 Å². The summed E-state index contributed by atoms with van der Waals surface area (Å²) in [4.78, 5) is 4.11. The Kier molecular flexibility index (Phi) is 7.64. The van der Waals surface area contributed by atoms with Crippen molar-refractivity contribution >= 4 is 27.6 Å². The molecular weight excluding hydrogens is 324 g/mol. The molecule has 1 aromatic carbocycles. The van der Waals surface area contributed by atoms with Gasteiger partial charge in [-0.1, -0.05) is 23.7 Å². The zero-order valence-corrected chi connectivity index (χ0v) is 14.6. The van der Waals surface area contributed by atoms with Crippen molar-refractivity contribution in [1.82, 2.24) is 15.4 Å². The van der Waals surface area contributed by atoms with E-state index >= 15 is 0 Å². The van der Waals surface area contributed by atoms with E-state index in [1.165, 1.54) is 0 Å². The van der Waals surface area contributed by atoms with Crippen molar-refractivity contribution in [2.24, 2.45) is 4.99 Å². The van der Waals surface area contributed by atoms with E-state index in [4.69, 9.17) is 11.6 Å². The van der Waals surface area contributed by atoms with E-state index in [9.17, 15) is 8.42 Å².